The summed E-state index contributed by atoms with van der Waals surface area (Å²) in [5.74, 6) is -0.201. The molecular weight excluding hydrogens is 644 g/mol. The van der Waals surface area contributed by atoms with Crippen LogP contribution in [0.3, 0.4) is 0 Å². The number of sulfonamides is 1. The molecule has 3 aromatic carbocycles. The number of anilines is 1. The van der Waals surface area contributed by atoms with E-state index in [0.717, 1.165) is 16.3 Å². The van der Waals surface area contributed by atoms with Gasteiger partial charge in [-0.25, -0.2) is 12.7 Å². The number of likely N-dealkylation sites (N-methyl/N-ethyl adjacent to an activating group) is 1. The molecule has 0 N–H and O–H groups in total. The van der Waals surface area contributed by atoms with Gasteiger partial charge in [0.2, 0.25) is 5.91 Å². The molecule has 2 aliphatic heterocycles. The van der Waals surface area contributed by atoms with Crippen LogP contribution in [-0.2, 0) is 31.7 Å². The lowest BCUT2D eigenvalue weighted by Gasteiger charge is -2.47. The van der Waals surface area contributed by atoms with Crippen molar-refractivity contribution in [1.29, 1.82) is 0 Å². The van der Waals surface area contributed by atoms with Crippen molar-refractivity contribution < 1.29 is 32.2 Å². The number of hydrogen-bond acceptors (Lipinski definition) is 9. The van der Waals surface area contributed by atoms with Gasteiger partial charge in [-0.3, -0.25) is 14.5 Å². The first-order valence-corrected chi connectivity index (χ1v) is 17.1. The standard InChI is InChI=1S/C34H41ClN4O7S/c1-36(2)21-22-11-15-29(45-6)26(18-22)34(38-17-9-8-10-28(38)32(40)37(3)4)25-19-23(35)12-14-27(25)39(33(34)41)47(42,43)31-16-13-24(44-5)20-30(31)46-7/h11-16,18-20,28H,8-10,17,21H2,1-7H3/t28-,34?/m0/s1. The zero-order valence-corrected chi connectivity index (χ0v) is 29.3. The predicted molar refractivity (Wildman–Crippen MR) is 180 cm³/mol. The zero-order chi connectivity index (χ0) is 34.3. The Morgan fingerprint density at radius 1 is 0.915 bits per heavy atom. The van der Waals surface area contributed by atoms with Gasteiger partial charge in [0.1, 0.15) is 22.1 Å². The molecule has 0 aliphatic carbocycles. The van der Waals surface area contributed by atoms with Crippen molar-refractivity contribution in [1.82, 2.24) is 14.7 Å². The number of rotatable bonds is 10. The van der Waals surface area contributed by atoms with E-state index in [9.17, 15) is 13.2 Å². The van der Waals surface area contributed by atoms with E-state index in [1.54, 1.807) is 32.3 Å². The third-order valence-electron chi connectivity index (χ3n) is 8.76. The van der Waals surface area contributed by atoms with Gasteiger partial charge in [-0.2, -0.15) is 0 Å². The summed E-state index contributed by atoms with van der Waals surface area (Å²) in [5.41, 5.74) is -0.0566. The number of carbonyl (C=O) groups is 2. The van der Waals surface area contributed by atoms with E-state index in [-0.39, 0.29) is 22.2 Å². The molecule has 2 amide bonds. The lowest BCUT2D eigenvalue weighted by molar-refractivity contribution is -0.142. The summed E-state index contributed by atoms with van der Waals surface area (Å²) in [6, 6.07) is 13.8. The van der Waals surface area contributed by atoms with E-state index < -0.39 is 27.5 Å². The van der Waals surface area contributed by atoms with E-state index in [1.807, 2.05) is 36.0 Å². The summed E-state index contributed by atoms with van der Waals surface area (Å²) in [4.78, 5) is 34.6. The lowest BCUT2D eigenvalue weighted by atomic mass is 9.78. The summed E-state index contributed by atoms with van der Waals surface area (Å²) in [7, 11) is 6.92. The highest BCUT2D eigenvalue weighted by molar-refractivity contribution is 7.93. The van der Waals surface area contributed by atoms with Crippen LogP contribution in [0.5, 0.6) is 17.2 Å². The van der Waals surface area contributed by atoms with Crippen LogP contribution in [-0.4, -0.2) is 97.0 Å². The third-order valence-corrected chi connectivity index (χ3v) is 10.7. The average molecular weight is 685 g/mol. The molecule has 0 saturated carbocycles. The molecule has 1 fully saturated rings. The SMILES string of the molecule is COc1ccc(S(=O)(=O)N2C(=O)C(c3cc(CN(C)C)ccc3OC)(N3CCCC[C@H]3C(=O)N(C)C)c3cc(Cl)ccc32)c(OC)c1. The van der Waals surface area contributed by atoms with Crippen LogP contribution in [0.1, 0.15) is 36.0 Å². The Morgan fingerprint density at radius 3 is 2.28 bits per heavy atom. The van der Waals surface area contributed by atoms with Crippen LogP contribution in [0.2, 0.25) is 5.02 Å². The molecule has 1 saturated heterocycles. The number of nitrogens with zero attached hydrogens (tertiary/aromatic N) is 4. The first-order valence-electron chi connectivity index (χ1n) is 15.2. The third kappa shape index (κ3) is 5.81. The first kappa shape index (κ1) is 34.5. The molecule has 2 aliphatic rings. The molecule has 2 heterocycles. The Hall–Kier alpha value is -3.84. The van der Waals surface area contributed by atoms with Gasteiger partial charge in [-0.15, -0.1) is 0 Å². The molecule has 0 spiro atoms. The number of likely N-dealkylation sites (tertiary alicyclic amines) is 1. The number of benzene rings is 3. The minimum Gasteiger partial charge on any atom is -0.497 e. The molecule has 252 valence electrons. The monoisotopic (exact) mass is 684 g/mol. The smallest absolute Gasteiger partial charge is 0.274 e. The van der Waals surface area contributed by atoms with Crippen molar-refractivity contribution in [3.05, 3.63) is 76.3 Å². The van der Waals surface area contributed by atoms with Crippen LogP contribution in [0, 0.1) is 0 Å². The van der Waals surface area contributed by atoms with Crippen LogP contribution in [0.25, 0.3) is 0 Å². The maximum Gasteiger partial charge on any atom is 0.274 e. The first-order chi connectivity index (χ1) is 22.3. The number of methoxy groups -OCH3 is 3. The minimum atomic E-state index is -4.61. The number of carbonyl (C=O) groups excluding carboxylic acids is 2. The second-order valence-corrected chi connectivity index (χ2v) is 14.4. The second kappa shape index (κ2) is 13.3. The van der Waals surface area contributed by atoms with Crippen molar-refractivity contribution in [3.63, 3.8) is 0 Å². The van der Waals surface area contributed by atoms with Crippen LogP contribution < -0.4 is 18.5 Å². The molecule has 0 radical (unpaired) electrons. The Labute approximate surface area is 281 Å². The van der Waals surface area contributed by atoms with Crippen molar-refractivity contribution in [2.24, 2.45) is 0 Å². The Bertz CT molecular complexity index is 1800. The number of hydrogen-bond donors (Lipinski definition) is 0. The number of ether oxygens (including phenoxy) is 3. The lowest BCUT2D eigenvalue weighted by Crippen LogP contribution is -2.62. The van der Waals surface area contributed by atoms with E-state index in [0.29, 0.717) is 53.6 Å². The Balaban J connectivity index is 1.89. The van der Waals surface area contributed by atoms with E-state index in [1.165, 1.54) is 50.5 Å². The average Bonchev–Trinajstić information content (AvgIpc) is 3.31. The minimum absolute atomic E-state index is 0.00867. The quantitative estimate of drug-likeness (QED) is 0.308. The normalized spacial score (nSPS) is 19.9. The zero-order valence-electron chi connectivity index (χ0n) is 27.7. The predicted octanol–water partition coefficient (Wildman–Crippen LogP) is 4.35. The fraction of sp³-hybridized carbons (Fsp3) is 0.412. The molecule has 11 nitrogen and oxygen atoms in total. The molecule has 5 rings (SSSR count). The number of halogens is 1. The Morgan fingerprint density at radius 2 is 1.64 bits per heavy atom. The maximum atomic E-state index is 15.6. The van der Waals surface area contributed by atoms with Crippen molar-refractivity contribution in [2.75, 3.05) is 60.4 Å². The van der Waals surface area contributed by atoms with Gasteiger partial charge >= 0.3 is 0 Å². The van der Waals surface area contributed by atoms with Gasteiger partial charge in [0.05, 0.1) is 33.1 Å². The molecule has 0 bridgehead atoms. The Kier molecular flexibility index (Phi) is 9.79. The van der Waals surface area contributed by atoms with Crippen LogP contribution >= 0.6 is 11.6 Å². The highest BCUT2D eigenvalue weighted by atomic mass is 35.5. The van der Waals surface area contributed by atoms with Crippen molar-refractivity contribution in [2.45, 2.75) is 42.3 Å². The molecule has 47 heavy (non-hydrogen) atoms. The second-order valence-electron chi connectivity index (χ2n) is 12.2. The largest absolute Gasteiger partial charge is 0.497 e. The van der Waals surface area contributed by atoms with Crippen LogP contribution in [0.4, 0.5) is 5.69 Å². The van der Waals surface area contributed by atoms with Gasteiger partial charge in [-0.1, -0.05) is 24.1 Å². The molecule has 1 unspecified atom stereocenters. The molecule has 0 aromatic heterocycles. The van der Waals surface area contributed by atoms with E-state index in [4.69, 9.17) is 25.8 Å². The summed E-state index contributed by atoms with van der Waals surface area (Å²) < 4.78 is 47.1. The number of fused-ring (bicyclic) bond motifs is 1. The summed E-state index contributed by atoms with van der Waals surface area (Å²) in [6.07, 6.45) is 1.91. The summed E-state index contributed by atoms with van der Waals surface area (Å²) >= 11 is 6.66. The summed E-state index contributed by atoms with van der Waals surface area (Å²) in [6.45, 7) is 0.873. The molecule has 3 aromatic rings. The van der Waals surface area contributed by atoms with Crippen molar-refractivity contribution >= 4 is 39.1 Å². The molecule has 2 atom stereocenters. The van der Waals surface area contributed by atoms with E-state index >= 15 is 4.79 Å². The van der Waals surface area contributed by atoms with Gasteiger partial charge in [0.25, 0.3) is 15.9 Å². The van der Waals surface area contributed by atoms with E-state index in [2.05, 4.69) is 0 Å². The molecule has 13 heteroatoms. The fourth-order valence-electron chi connectivity index (χ4n) is 6.75. The van der Waals surface area contributed by atoms with Crippen LogP contribution in [0.15, 0.2) is 59.5 Å². The van der Waals surface area contributed by atoms with Gasteiger partial charge in [0.15, 0.2) is 5.54 Å². The van der Waals surface area contributed by atoms with Crippen molar-refractivity contribution in [3.8, 4) is 17.2 Å². The number of piperidine rings is 1. The van der Waals surface area contributed by atoms with Gasteiger partial charge in [0, 0.05) is 49.4 Å². The van der Waals surface area contributed by atoms with Gasteiger partial charge < -0.3 is 24.0 Å². The molecular formula is C34H41ClN4O7S. The summed E-state index contributed by atoms with van der Waals surface area (Å²) in [5, 5.41) is 0.304. The maximum absolute atomic E-state index is 15.6. The fourth-order valence-corrected chi connectivity index (χ4v) is 8.53. The highest BCUT2D eigenvalue weighted by Gasteiger charge is 2.62. The van der Waals surface area contributed by atoms with Gasteiger partial charge in [-0.05, 0) is 75.0 Å². The number of amides is 2. The topological polar surface area (TPSA) is 109 Å². The highest BCUT2D eigenvalue weighted by Crippen LogP contribution is 2.55.